The van der Waals surface area contributed by atoms with Gasteiger partial charge in [-0.25, -0.2) is 8.42 Å². The maximum atomic E-state index is 11.5. The average Bonchev–Trinajstić information content (AvgIpc) is 2.48. The van der Waals surface area contributed by atoms with Crippen molar-refractivity contribution in [2.75, 3.05) is 44.4 Å². The van der Waals surface area contributed by atoms with Gasteiger partial charge in [0.2, 0.25) is 10.0 Å². The highest BCUT2D eigenvalue weighted by molar-refractivity contribution is 7.88. The van der Waals surface area contributed by atoms with Crippen LogP contribution in [0.5, 0.6) is 0 Å². The normalized spacial score (nSPS) is 18.7. The summed E-state index contributed by atoms with van der Waals surface area (Å²) in [7, 11) is -1.08. The van der Waals surface area contributed by atoms with E-state index in [0.717, 1.165) is 25.2 Å². The van der Waals surface area contributed by atoms with Gasteiger partial charge in [0, 0.05) is 37.9 Å². The second-order valence-corrected chi connectivity index (χ2v) is 7.47. The summed E-state index contributed by atoms with van der Waals surface area (Å²) >= 11 is 0. The predicted molar refractivity (Wildman–Crippen MR) is 87.2 cm³/mol. The zero-order valence-electron chi connectivity index (χ0n) is 13.0. The van der Waals surface area contributed by atoms with Gasteiger partial charge in [-0.1, -0.05) is 19.1 Å². The van der Waals surface area contributed by atoms with E-state index in [0.29, 0.717) is 19.1 Å². The van der Waals surface area contributed by atoms with Crippen molar-refractivity contribution in [3.8, 4) is 0 Å². The summed E-state index contributed by atoms with van der Waals surface area (Å²) in [6.45, 7) is 4.79. The standard InChI is InChI=1S/C15H25N3O2S/c1-4-15(16-2)13-5-7-14(8-6-13)17-9-11-18(12-10-17)21(3,19)20/h5-8,15-16H,4,9-12H2,1-3H3. The first-order chi connectivity index (χ1) is 9.95. The second kappa shape index (κ2) is 6.77. The average molecular weight is 311 g/mol. The number of piperazine rings is 1. The van der Waals surface area contributed by atoms with Crippen LogP contribution in [0.3, 0.4) is 0 Å². The Labute approximate surface area is 128 Å². The lowest BCUT2D eigenvalue weighted by atomic mass is 10.0. The molecule has 1 aliphatic rings. The fourth-order valence-corrected chi connectivity index (χ4v) is 3.63. The molecule has 1 atom stereocenters. The van der Waals surface area contributed by atoms with Gasteiger partial charge in [-0.15, -0.1) is 0 Å². The molecule has 1 aromatic carbocycles. The summed E-state index contributed by atoms with van der Waals surface area (Å²) in [5, 5.41) is 3.30. The molecule has 0 bridgehead atoms. The number of nitrogens with one attached hydrogen (secondary N) is 1. The number of sulfonamides is 1. The molecule has 0 spiro atoms. The Balaban J connectivity index is 2.01. The molecule has 6 heteroatoms. The van der Waals surface area contributed by atoms with Crippen LogP contribution in [0, 0.1) is 0 Å². The van der Waals surface area contributed by atoms with E-state index in [4.69, 9.17) is 0 Å². The van der Waals surface area contributed by atoms with E-state index in [-0.39, 0.29) is 0 Å². The Morgan fingerprint density at radius 1 is 1.14 bits per heavy atom. The fraction of sp³-hybridized carbons (Fsp3) is 0.600. The van der Waals surface area contributed by atoms with E-state index in [1.807, 2.05) is 7.05 Å². The number of rotatable bonds is 5. The van der Waals surface area contributed by atoms with Gasteiger partial charge in [-0.3, -0.25) is 0 Å². The Morgan fingerprint density at radius 2 is 1.71 bits per heavy atom. The van der Waals surface area contributed by atoms with Crippen molar-refractivity contribution in [3.05, 3.63) is 29.8 Å². The topological polar surface area (TPSA) is 52.6 Å². The van der Waals surface area contributed by atoms with Crippen molar-refractivity contribution in [2.24, 2.45) is 0 Å². The summed E-state index contributed by atoms with van der Waals surface area (Å²) in [5.74, 6) is 0. The molecule has 0 saturated carbocycles. The van der Waals surface area contributed by atoms with E-state index in [2.05, 4.69) is 41.4 Å². The van der Waals surface area contributed by atoms with E-state index in [1.54, 1.807) is 4.31 Å². The first-order valence-electron chi connectivity index (χ1n) is 7.43. The maximum Gasteiger partial charge on any atom is 0.211 e. The van der Waals surface area contributed by atoms with Crippen molar-refractivity contribution in [2.45, 2.75) is 19.4 Å². The number of nitrogens with zero attached hydrogens (tertiary/aromatic N) is 2. The molecule has 1 fully saturated rings. The highest BCUT2D eigenvalue weighted by Gasteiger charge is 2.23. The quantitative estimate of drug-likeness (QED) is 0.894. The molecule has 1 saturated heterocycles. The Kier molecular flexibility index (Phi) is 5.24. The molecule has 0 amide bonds. The zero-order valence-corrected chi connectivity index (χ0v) is 13.9. The van der Waals surface area contributed by atoms with Crippen LogP contribution in [0.25, 0.3) is 0 Å². The SMILES string of the molecule is CCC(NC)c1ccc(N2CCN(S(C)(=O)=O)CC2)cc1. The highest BCUT2D eigenvalue weighted by Crippen LogP contribution is 2.22. The van der Waals surface area contributed by atoms with Crippen LogP contribution < -0.4 is 10.2 Å². The van der Waals surface area contributed by atoms with E-state index in [9.17, 15) is 8.42 Å². The number of benzene rings is 1. The van der Waals surface area contributed by atoms with Crippen molar-refractivity contribution < 1.29 is 8.42 Å². The van der Waals surface area contributed by atoms with Crippen LogP contribution >= 0.6 is 0 Å². The third kappa shape index (κ3) is 3.96. The van der Waals surface area contributed by atoms with Gasteiger partial charge in [-0.05, 0) is 31.2 Å². The molecular formula is C15H25N3O2S. The van der Waals surface area contributed by atoms with Crippen molar-refractivity contribution in [3.63, 3.8) is 0 Å². The first kappa shape index (κ1) is 16.3. The highest BCUT2D eigenvalue weighted by atomic mass is 32.2. The van der Waals surface area contributed by atoms with Crippen molar-refractivity contribution in [1.82, 2.24) is 9.62 Å². The van der Waals surface area contributed by atoms with E-state index < -0.39 is 10.0 Å². The van der Waals surface area contributed by atoms with Gasteiger partial charge >= 0.3 is 0 Å². The molecule has 1 aromatic rings. The molecular weight excluding hydrogens is 286 g/mol. The van der Waals surface area contributed by atoms with E-state index >= 15 is 0 Å². The monoisotopic (exact) mass is 311 g/mol. The molecule has 0 radical (unpaired) electrons. The molecule has 2 rings (SSSR count). The van der Waals surface area contributed by atoms with Gasteiger partial charge < -0.3 is 10.2 Å². The summed E-state index contributed by atoms with van der Waals surface area (Å²) in [4.78, 5) is 2.24. The lowest BCUT2D eigenvalue weighted by Gasteiger charge is -2.34. The minimum absolute atomic E-state index is 0.390. The lowest BCUT2D eigenvalue weighted by molar-refractivity contribution is 0.388. The van der Waals surface area contributed by atoms with Crippen molar-refractivity contribution >= 4 is 15.7 Å². The number of hydrogen-bond donors (Lipinski definition) is 1. The predicted octanol–water partition coefficient (Wildman–Crippen LogP) is 1.44. The van der Waals surface area contributed by atoms with Gasteiger partial charge in [0.05, 0.1) is 6.26 Å². The smallest absolute Gasteiger partial charge is 0.211 e. The molecule has 21 heavy (non-hydrogen) atoms. The van der Waals surface area contributed by atoms with Crippen LogP contribution in [0.2, 0.25) is 0 Å². The van der Waals surface area contributed by atoms with Crippen LogP contribution in [-0.2, 0) is 10.0 Å². The fourth-order valence-electron chi connectivity index (χ4n) is 2.80. The maximum absolute atomic E-state index is 11.5. The van der Waals surface area contributed by atoms with Gasteiger partial charge in [0.1, 0.15) is 0 Å². The molecule has 5 nitrogen and oxygen atoms in total. The summed E-state index contributed by atoms with van der Waals surface area (Å²) in [6, 6.07) is 8.96. The second-order valence-electron chi connectivity index (χ2n) is 5.49. The Morgan fingerprint density at radius 3 is 2.14 bits per heavy atom. The minimum Gasteiger partial charge on any atom is -0.369 e. The third-order valence-corrected chi connectivity index (χ3v) is 5.43. The summed E-state index contributed by atoms with van der Waals surface area (Å²) in [5.41, 5.74) is 2.45. The molecule has 1 heterocycles. The summed E-state index contributed by atoms with van der Waals surface area (Å²) in [6.07, 6.45) is 2.34. The molecule has 1 unspecified atom stereocenters. The molecule has 118 valence electrons. The molecule has 1 aliphatic heterocycles. The third-order valence-electron chi connectivity index (χ3n) is 4.12. The number of anilines is 1. The number of hydrogen-bond acceptors (Lipinski definition) is 4. The first-order valence-corrected chi connectivity index (χ1v) is 9.28. The zero-order chi connectivity index (χ0) is 15.5. The Hall–Kier alpha value is -1.11. The molecule has 1 N–H and O–H groups in total. The van der Waals surface area contributed by atoms with Gasteiger partial charge in [0.25, 0.3) is 0 Å². The summed E-state index contributed by atoms with van der Waals surface area (Å²) < 4.78 is 24.6. The lowest BCUT2D eigenvalue weighted by Crippen LogP contribution is -2.48. The van der Waals surface area contributed by atoms with E-state index in [1.165, 1.54) is 11.8 Å². The van der Waals surface area contributed by atoms with Crippen LogP contribution in [0.4, 0.5) is 5.69 Å². The van der Waals surface area contributed by atoms with Gasteiger partial charge in [-0.2, -0.15) is 4.31 Å². The minimum atomic E-state index is -3.06. The van der Waals surface area contributed by atoms with Crippen LogP contribution in [-0.4, -0.2) is 52.2 Å². The van der Waals surface area contributed by atoms with Crippen molar-refractivity contribution in [1.29, 1.82) is 0 Å². The van der Waals surface area contributed by atoms with Gasteiger partial charge in [0.15, 0.2) is 0 Å². The van der Waals surface area contributed by atoms with Crippen LogP contribution in [0.1, 0.15) is 24.9 Å². The molecule has 0 aromatic heterocycles. The largest absolute Gasteiger partial charge is 0.369 e. The van der Waals surface area contributed by atoms with Crippen LogP contribution in [0.15, 0.2) is 24.3 Å². The Bertz CT molecular complexity index is 545. The molecule has 0 aliphatic carbocycles.